The summed E-state index contributed by atoms with van der Waals surface area (Å²) in [6.07, 6.45) is 0.374. The van der Waals surface area contributed by atoms with E-state index in [1.165, 1.54) is 0 Å². The van der Waals surface area contributed by atoms with Gasteiger partial charge >= 0.3 is 6.03 Å². The summed E-state index contributed by atoms with van der Waals surface area (Å²) < 4.78 is 0. The number of amides is 2. The Bertz CT molecular complexity index is 350. The number of carbonyl (C=O) groups excluding carboxylic acids is 1. The van der Waals surface area contributed by atoms with Crippen LogP contribution in [0, 0.1) is 5.41 Å². The lowest BCUT2D eigenvalue weighted by atomic mass is 10.2. The van der Waals surface area contributed by atoms with Crippen LogP contribution in [-0.4, -0.2) is 18.4 Å². The Kier molecular flexibility index (Phi) is 4.85. The number of carbonyl (C=O) groups is 1. The first-order valence-corrected chi connectivity index (χ1v) is 5.07. The third-order valence-corrected chi connectivity index (χ3v) is 1.98. The Hall–Kier alpha value is -2.04. The second-order valence-electron chi connectivity index (χ2n) is 3.37. The van der Waals surface area contributed by atoms with E-state index in [4.69, 9.17) is 11.1 Å². The molecule has 0 saturated heterocycles. The molecular formula is C11H16N4O. The van der Waals surface area contributed by atoms with Crippen molar-refractivity contribution < 1.29 is 4.79 Å². The lowest BCUT2D eigenvalue weighted by molar-refractivity contribution is 0.241. The highest BCUT2D eigenvalue weighted by Crippen LogP contribution is 1.96. The number of nitrogens with two attached hydrogens (primary N) is 1. The van der Waals surface area contributed by atoms with Crippen molar-refractivity contribution in [3.63, 3.8) is 0 Å². The summed E-state index contributed by atoms with van der Waals surface area (Å²) in [6, 6.07) is 9.40. The number of benzene rings is 1. The van der Waals surface area contributed by atoms with Crippen LogP contribution in [0.5, 0.6) is 0 Å². The molecule has 5 nitrogen and oxygen atoms in total. The highest BCUT2D eigenvalue weighted by Gasteiger charge is 1.99. The molecule has 0 aliphatic rings. The molecule has 16 heavy (non-hydrogen) atoms. The number of amidine groups is 1. The van der Waals surface area contributed by atoms with Crippen molar-refractivity contribution in [1.29, 1.82) is 5.41 Å². The summed E-state index contributed by atoms with van der Waals surface area (Å²) in [5.74, 6) is 0.0726. The Morgan fingerprint density at radius 1 is 1.25 bits per heavy atom. The molecule has 0 spiro atoms. The zero-order valence-corrected chi connectivity index (χ0v) is 8.99. The minimum Gasteiger partial charge on any atom is -0.388 e. The predicted molar refractivity (Wildman–Crippen MR) is 63.2 cm³/mol. The van der Waals surface area contributed by atoms with E-state index < -0.39 is 0 Å². The van der Waals surface area contributed by atoms with E-state index >= 15 is 0 Å². The molecule has 0 bridgehead atoms. The smallest absolute Gasteiger partial charge is 0.315 e. The molecule has 0 heterocycles. The third kappa shape index (κ3) is 4.99. The van der Waals surface area contributed by atoms with Crippen molar-refractivity contribution >= 4 is 11.9 Å². The van der Waals surface area contributed by atoms with E-state index in [1.807, 2.05) is 30.3 Å². The van der Waals surface area contributed by atoms with Crippen LogP contribution in [0.25, 0.3) is 0 Å². The first-order chi connectivity index (χ1) is 7.68. The summed E-state index contributed by atoms with van der Waals surface area (Å²) in [4.78, 5) is 11.3. The van der Waals surface area contributed by atoms with Gasteiger partial charge in [-0.15, -0.1) is 0 Å². The molecule has 0 saturated carbocycles. The van der Waals surface area contributed by atoms with Crippen molar-refractivity contribution in [2.45, 2.75) is 13.0 Å². The van der Waals surface area contributed by atoms with E-state index in [0.29, 0.717) is 19.5 Å². The van der Waals surface area contributed by atoms with Gasteiger partial charge in [-0.1, -0.05) is 30.3 Å². The number of urea groups is 1. The molecule has 0 atom stereocenters. The van der Waals surface area contributed by atoms with Crippen LogP contribution in [0.15, 0.2) is 30.3 Å². The van der Waals surface area contributed by atoms with Crippen LogP contribution in [0.1, 0.15) is 12.0 Å². The van der Waals surface area contributed by atoms with E-state index in [9.17, 15) is 4.79 Å². The van der Waals surface area contributed by atoms with E-state index in [-0.39, 0.29) is 11.9 Å². The molecule has 0 aliphatic heterocycles. The van der Waals surface area contributed by atoms with Gasteiger partial charge in [0.1, 0.15) is 0 Å². The fraction of sp³-hybridized carbons (Fsp3) is 0.273. The highest BCUT2D eigenvalue weighted by atomic mass is 16.2. The summed E-state index contributed by atoms with van der Waals surface area (Å²) in [5, 5.41) is 12.3. The van der Waals surface area contributed by atoms with E-state index in [2.05, 4.69) is 10.6 Å². The van der Waals surface area contributed by atoms with Crippen molar-refractivity contribution in [2.24, 2.45) is 5.73 Å². The molecule has 86 valence electrons. The fourth-order valence-electron chi connectivity index (χ4n) is 1.15. The van der Waals surface area contributed by atoms with Gasteiger partial charge in [-0.05, 0) is 5.56 Å². The number of nitrogens with one attached hydrogen (secondary N) is 3. The van der Waals surface area contributed by atoms with Gasteiger partial charge in [0, 0.05) is 19.5 Å². The van der Waals surface area contributed by atoms with Gasteiger partial charge in [0.25, 0.3) is 0 Å². The Morgan fingerprint density at radius 3 is 2.56 bits per heavy atom. The van der Waals surface area contributed by atoms with Gasteiger partial charge < -0.3 is 16.4 Å². The van der Waals surface area contributed by atoms with Gasteiger partial charge in [-0.25, -0.2) is 4.79 Å². The molecular weight excluding hydrogens is 204 g/mol. The number of hydrogen-bond acceptors (Lipinski definition) is 2. The molecule has 2 amide bonds. The van der Waals surface area contributed by atoms with Gasteiger partial charge in [-0.2, -0.15) is 0 Å². The van der Waals surface area contributed by atoms with E-state index in [1.54, 1.807) is 0 Å². The van der Waals surface area contributed by atoms with Crippen molar-refractivity contribution in [2.75, 3.05) is 6.54 Å². The largest absolute Gasteiger partial charge is 0.388 e. The maximum Gasteiger partial charge on any atom is 0.315 e. The second-order valence-corrected chi connectivity index (χ2v) is 3.37. The summed E-state index contributed by atoms with van der Waals surface area (Å²) in [5.41, 5.74) is 6.20. The SMILES string of the molecule is N=C(N)CCNC(=O)NCc1ccccc1. The molecule has 5 N–H and O–H groups in total. The average Bonchev–Trinajstić information content (AvgIpc) is 2.27. The van der Waals surface area contributed by atoms with Crippen LogP contribution in [0.3, 0.4) is 0 Å². The van der Waals surface area contributed by atoms with Gasteiger partial charge in [0.2, 0.25) is 0 Å². The van der Waals surface area contributed by atoms with Gasteiger partial charge in [-0.3, -0.25) is 5.41 Å². The topological polar surface area (TPSA) is 91.0 Å². The molecule has 0 fully saturated rings. The Balaban J connectivity index is 2.18. The van der Waals surface area contributed by atoms with Crippen LogP contribution in [0.4, 0.5) is 4.79 Å². The fourth-order valence-corrected chi connectivity index (χ4v) is 1.15. The Labute approximate surface area is 94.5 Å². The molecule has 0 unspecified atom stereocenters. The maximum atomic E-state index is 11.3. The van der Waals surface area contributed by atoms with E-state index in [0.717, 1.165) is 5.56 Å². The average molecular weight is 220 g/mol. The van der Waals surface area contributed by atoms with Crippen molar-refractivity contribution in [3.05, 3.63) is 35.9 Å². The van der Waals surface area contributed by atoms with Crippen LogP contribution in [-0.2, 0) is 6.54 Å². The minimum atomic E-state index is -0.245. The lowest BCUT2D eigenvalue weighted by Crippen LogP contribution is -2.36. The normalized spacial score (nSPS) is 9.50. The van der Waals surface area contributed by atoms with Gasteiger partial charge in [0.15, 0.2) is 0 Å². The van der Waals surface area contributed by atoms with Crippen molar-refractivity contribution in [1.82, 2.24) is 10.6 Å². The summed E-state index contributed by atoms with van der Waals surface area (Å²) in [6.45, 7) is 0.878. The van der Waals surface area contributed by atoms with Crippen molar-refractivity contribution in [3.8, 4) is 0 Å². The van der Waals surface area contributed by atoms with Crippen LogP contribution >= 0.6 is 0 Å². The molecule has 0 radical (unpaired) electrons. The molecule has 1 aromatic rings. The zero-order valence-electron chi connectivity index (χ0n) is 8.99. The number of rotatable bonds is 5. The molecule has 0 aromatic heterocycles. The molecule has 1 rings (SSSR count). The summed E-state index contributed by atoms with van der Waals surface area (Å²) >= 11 is 0. The number of hydrogen-bond donors (Lipinski definition) is 4. The first kappa shape index (κ1) is 12.0. The first-order valence-electron chi connectivity index (χ1n) is 5.07. The highest BCUT2D eigenvalue weighted by molar-refractivity contribution is 5.78. The quantitative estimate of drug-likeness (QED) is 0.437. The van der Waals surface area contributed by atoms with Crippen LogP contribution in [0.2, 0.25) is 0 Å². The van der Waals surface area contributed by atoms with Crippen LogP contribution < -0.4 is 16.4 Å². The minimum absolute atomic E-state index is 0.0726. The monoisotopic (exact) mass is 220 g/mol. The van der Waals surface area contributed by atoms with Gasteiger partial charge in [0.05, 0.1) is 5.84 Å². The Morgan fingerprint density at radius 2 is 1.94 bits per heavy atom. The second kappa shape index (κ2) is 6.44. The third-order valence-electron chi connectivity index (χ3n) is 1.98. The zero-order chi connectivity index (χ0) is 11.8. The summed E-state index contributed by atoms with van der Waals surface area (Å²) in [7, 11) is 0. The molecule has 5 heteroatoms. The standard InChI is InChI=1S/C11H16N4O/c12-10(13)6-7-14-11(16)15-8-9-4-2-1-3-5-9/h1-5H,6-8H2,(H3,12,13)(H2,14,15,16). The lowest BCUT2D eigenvalue weighted by Gasteiger charge is -2.06. The molecule has 0 aliphatic carbocycles. The predicted octanol–water partition coefficient (Wildman–Crippen LogP) is 0.812. The molecule has 1 aromatic carbocycles. The maximum absolute atomic E-state index is 11.3.